The SMILES string of the molecule is O=S1(=O)CC[N+]2(CCN(c3ccc(Br)cn3)CC2)CC1.[Cl-]. The zero-order valence-electron chi connectivity index (χ0n) is 11.7. The number of halogens is 2. The standard InChI is InChI=1S/C13H19BrN3O2S.ClH/c14-12-1-2-13(15-11-12)16-3-5-17(6-4-16)7-9-20(18,19)10-8-17;/h1-2,11H,3-10H2;1H/q+1;/p-1. The van der Waals surface area contributed by atoms with Gasteiger partial charge in [-0.05, 0) is 28.1 Å². The second-order valence-electron chi connectivity index (χ2n) is 5.71. The molecule has 0 atom stereocenters. The molecule has 0 N–H and O–H groups in total. The van der Waals surface area contributed by atoms with E-state index in [0.717, 1.165) is 54.0 Å². The average molecular weight is 397 g/mol. The molecule has 1 spiro atoms. The summed E-state index contributed by atoms with van der Waals surface area (Å²) in [6.45, 7) is 5.51. The molecule has 1 aromatic heterocycles. The molecule has 1 aromatic rings. The van der Waals surface area contributed by atoms with Crippen molar-refractivity contribution in [3.8, 4) is 0 Å². The Morgan fingerprint density at radius 1 is 1.10 bits per heavy atom. The van der Waals surface area contributed by atoms with Crippen LogP contribution < -0.4 is 17.3 Å². The quantitative estimate of drug-likeness (QED) is 0.511. The van der Waals surface area contributed by atoms with E-state index >= 15 is 0 Å². The number of piperazine rings is 1. The van der Waals surface area contributed by atoms with Crippen LogP contribution in [0.2, 0.25) is 0 Å². The third-order valence-electron chi connectivity index (χ3n) is 4.48. The number of quaternary nitrogens is 1. The van der Waals surface area contributed by atoms with Crippen LogP contribution in [-0.2, 0) is 9.84 Å². The highest BCUT2D eigenvalue weighted by molar-refractivity contribution is 9.10. The van der Waals surface area contributed by atoms with Crippen molar-refractivity contribution >= 4 is 31.6 Å². The first-order chi connectivity index (χ1) is 9.48. The van der Waals surface area contributed by atoms with E-state index in [9.17, 15) is 8.42 Å². The number of aromatic nitrogens is 1. The molecule has 8 heteroatoms. The maximum absolute atomic E-state index is 11.6. The maximum atomic E-state index is 11.6. The van der Waals surface area contributed by atoms with E-state index < -0.39 is 9.84 Å². The second-order valence-corrected chi connectivity index (χ2v) is 8.93. The Bertz CT molecular complexity index is 570. The van der Waals surface area contributed by atoms with Gasteiger partial charge in [0.25, 0.3) is 0 Å². The summed E-state index contributed by atoms with van der Waals surface area (Å²) in [5, 5.41) is 0. The van der Waals surface area contributed by atoms with Crippen LogP contribution >= 0.6 is 15.9 Å². The van der Waals surface area contributed by atoms with Crippen LogP contribution in [0.25, 0.3) is 0 Å². The Hall–Kier alpha value is -0.370. The molecule has 2 fully saturated rings. The second kappa shape index (κ2) is 6.40. The summed E-state index contributed by atoms with van der Waals surface area (Å²) in [5.41, 5.74) is 0. The van der Waals surface area contributed by atoms with Crippen molar-refractivity contribution in [2.45, 2.75) is 0 Å². The van der Waals surface area contributed by atoms with Crippen molar-refractivity contribution in [1.29, 1.82) is 0 Å². The molecular weight excluding hydrogens is 378 g/mol. The highest BCUT2D eigenvalue weighted by atomic mass is 79.9. The minimum Gasteiger partial charge on any atom is -1.00 e. The molecule has 2 saturated heterocycles. The van der Waals surface area contributed by atoms with E-state index in [0.29, 0.717) is 11.5 Å². The number of anilines is 1. The van der Waals surface area contributed by atoms with Crippen molar-refractivity contribution in [3.05, 3.63) is 22.8 Å². The van der Waals surface area contributed by atoms with Crippen molar-refractivity contribution in [2.75, 3.05) is 55.7 Å². The minimum absolute atomic E-state index is 0. The molecular formula is C13H19BrClN3O2S. The Morgan fingerprint density at radius 3 is 2.24 bits per heavy atom. The minimum atomic E-state index is -2.78. The van der Waals surface area contributed by atoms with Crippen molar-refractivity contribution in [3.63, 3.8) is 0 Å². The monoisotopic (exact) mass is 395 g/mol. The highest BCUT2D eigenvalue weighted by Crippen LogP contribution is 2.22. The first-order valence-corrected chi connectivity index (χ1v) is 9.52. The van der Waals surface area contributed by atoms with Crippen LogP contribution in [0.15, 0.2) is 22.8 Å². The lowest BCUT2D eigenvalue weighted by atomic mass is 10.2. The van der Waals surface area contributed by atoms with Gasteiger partial charge in [0.2, 0.25) is 0 Å². The summed E-state index contributed by atoms with van der Waals surface area (Å²) in [7, 11) is -2.78. The number of sulfone groups is 1. The fraction of sp³-hybridized carbons (Fsp3) is 0.615. The van der Waals surface area contributed by atoms with E-state index in [1.165, 1.54) is 0 Å². The lowest BCUT2D eigenvalue weighted by Gasteiger charge is -2.46. The molecule has 118 valence electrons. The van der Waals surface area contributed by atoms with Gasteiger partial charge in [0.1, 0.15) is 5.82 Å². The van der Waals surface area contributed by atoms with Crippen LogP contribution in [0.5, 0.6) is 0 Å². The number of rotatable bonds is 1. The van der Waals surface area contributed by atoms with Gasteiger partial charge in [0.15, 0.2) is 9.84 Å². The molecule has 0 bridgehead atoms. The fourth-order valence-electron chi connectivity index (χ4n) is 3.00. The third kappa shape index (κ3) is 3.88. The Labute approximate surface area is 140 Å². The van der Waals surface area contributed by atoms with E-state index in [2.05, 4.69) is 25.8 Å². The van der Waals surface area contributed by atoms with Gasteiger partial charge in [0.05, 0.1) is 50.8 Å². The molecule has 0 radical (unpaired) electrons. The van der Waals surface area contributed by atoms with Crippen LogP contribution in [0, 0.1) is 0 Å². The van der Waals surface area contributed by atoms with Gasteiger partial charge in [-0.1, -0.05) is 0 Å². The summed E-state index contributed by atoms with van der Waals surface area (Å²) in [4.78, 5) is 6.73. The van der Waals surface area contributed by atoms with Crippen LogP contribution in [0.4, 0.5) is 5.82 Å². The smallest absolute Gasteiger partial charge is 0.161 e. The maximum Gasteiger partial charge on any atom is 0.161 e. The summed E-state index contributed by atoms with van der Waals surface area (Å²) >= 11 is 3.40. The largest absolute Gasteiger partial charge is 1.00 e. The lowest BCUT2D eigenvalue weighted by Crippen LogP contribution is -3.00. The first-order valence-electron chi connectivity index (χ1n) is 6.90. The molecule has 2 aliphatic rings. The Balaban J connectivity index is 0.00000161. The van der Waals surface area contributed by atoms with Gasteiger partial charge in [-0.3, -0.25) is 0 Å². The summed E-state index contributed by atoms with van der Waals surface area (Å²) < 4.78 is 25.1. The molecule has 0 amide bonds. The molecule has 5 nitrogen and oxygen atoms in total. The molecule has 0 saturated carbocycles. The molecule has 0 aromatic carbocycles. The van der Waals surface area contributed by atoms with Crippen LogP contribution in [0.1, 0.15) is 0 Å². The number of hydrogen-bond acceptors (Lipinski definition) is 4. The first kappa shape index (κ1) is 17.0. The van der Waals surface area contributed by atoms with Crippen molar-refractivity contribution < 1.29 is 25.3 Å². The van der Waals surface area contributed by atoms with Gasteiger partial charge < -0.3 is 21.8 Å². The van der Waals surface area contributed by atoms with Crippen LogP contribution in [0.3, 0.4) is 0 Å². The van der Waals surface area contributed by atoms with Gasteiger partial charge >= 0.3 is 0 Å². The lowest BCUT2D eigenvalue weighted by molar-refractivity contribution is -0.925. The number of pyridine rings is 1. The predicted octanol–water partition coefficient (Wildman–Crippen LogP) is -2.09. The van der Waals surface area contributed by atoms with E-state index in [4.69, 9.17) is 0 Å². The molecule has 3 rings (SSSR count). The van der Waals surface area contributed by atoms with Gasteiger partial charge in [-0.25, -0.2) is 13.4 Å². The van der Waals surface area contributed by atoms with Gasteiger partial charge in [-0.15, -0.1) is 0 Å². The predicted molar refractivity (Wildman–Crippen MR) is 82.5 cm³/mol. The zero-order valence-corrected chi connectivity index (χ0v) is 14.9. The van der Waals surface area contributed by atoms with Crippen molar-refractivity contribution in [2.24, 2.45) is 0 Å². The summed E-state index contributed by atoms with van der Waals surface area (Å²) in [5.74, 6) is 1.71. The summed E-state index contributed by atoms with van der Waals surface area (Å²) in [6, 6.07) is 4.04. The topological polar surface area (TPSA) is 50.3 Å². The molecule has 2 aliphatic heterocycles. The van der Waals surface area contributed by atoms with Crippen molar-refractivity contribution in [1.82, 2.24) is 4.98 Å². The number of nitrogens with zero attached hydrogens (tertiary/aromatic N) is 3. The number of hydrogen-bond donors (Lipinski definition) is 0. The molecule has 0 unspecified atom stereocenters. The highest BCUT2D eigenvalue weighted by Gasteiger charge is 2.38. The van der Waals surface area contributed by atoms with Gasteiger partial charge in [-0.2, -0.15) is 0 Å². The average Bonchev–Trinajstić information content (AvgIpc) is 2.45. The van der Waals surface area contributed by atoms with E-state index in [-0.39, 0.29) is 12.4 Å². The van der Waals surface area contributed by atoms with Crippen LogP contribution in [-0.4, -0.2) is 68.7 Å². The summed E-state index contributed by atoms with van der Waals surface area (Å²) in [6.07, 6.45) is 1.82. The van der Waals surface area contributed by atoms with Gasteiger partial charge in [0, 0.05) is 10.7 Å². The molecule has 0 aliphatic carbocycles. The van der Waals surface area contributed by atoms with E-state index in [1.807, 2.05) is 18.3 Å². The fourth-order valence-corrected chi connectivity index (χ4v) is 4.77. The normalized spacial score (nSPS) is 23.6. The molecule has 21 heavy (non-hydrogen) atoms. The van der Waals surface area contributed by atoms with E-state index in [1.54, 1.807) is 0 Å². The Kier molecular flexibility index (Phi) is 5.18. The molecule has 3 heterocycles. The zero-order chi connectivity index (χ0) is 14.2. The Morgan fingerprint density at radius 2 is 1.71 bits per heavy atom. The third-order valence-corrected chi connectivity index (χ3v) is 6.56.